The minimum atomic E-state index is -0.198. The summed E-state index contributed by atoms with van der Waals surface area (Å²) in [4.78, 5) is 11.8. The second-order valence-electron chi connectivity index (χ2n) is 4.13. The van der Waals surface area contributed by atoms with Crippen LogP contribution in [0.25, 0.3) is 0 Å². The molecule has 0 radical (unpaired) electrons. The molecule has 1 heterocycles. The molecule has 2 rings (SSSR count). The molecule has 3 nitrogen and oxygen atoms in total. The van der Waals surface area contributed by atoms with Gasteiger partial charge in [0.15, 0.2) is 0 Å². The molecule has 0 amide bonds. The Bertz CT molecular complexity index is 391. The van der Waals surface area contributed by atoms with Crippen molar-refractivity contribution in [1.82, 2.24) is 5.32 Å². The van der Waals surface area contributed by atoms with Gasteiger partial charge in [-0.05, 0) is 37.6 Å². The standard InChI is InChI=1S/C13H16BrNO2/c1-2-17-13(16)12-11(7-8-15-12)9-3-5-10(14)6-4-9/h3-6,11-12,15H,2,7-8H2,1H3/t11-,12+/m0/s1. The molecule has 0 aromatic heterocycles. The number of hydrogen-bond acceptors (Lipinski definition) is 3. The van der Waals surface area contributed by atoms with Crippen molar-refractivity contribution >= 4 is 21.9 Å². The van der Waals surface area contributed by atoms with Gasteiger partial charge in [-0.1, -0.05) is 28.1 Å². The van der Waals surface area contributed by atoms with Crippen LogP contribution in [0.15, 0.2) is 28.7 Å². The van der Waals surface area contributed by atoms with E-state index >= 15 is 0 Å². The van der Waals surface area contributed by atoms with E-state index in [1.54, 1.807) is 0 Å². The average Bonchev–Trinajstić information content (AvgIpc) is 2.79. The van der Waals surface area contributed by atoms with Gasteiger partial charge in [-0.2, -0.15) is 0 Å². The smallest absolute Gasteiger partial charge is 0.323 e. The summed E-state index contributed by atoms with van der Waals surface area (Å²) in [5, 5.41) is 3.22. The molecule has 2 atom stereocenters. The lowest BCUT2D eigenvalue weighted by atomic mass is 9.92. The first-order valence-electron chi connectivity index (χ1n) is 5.88. The Morgan fingerprint density at radius 2 is 2.18 bits per heavy atom. The number of esters is 1. The number of benzene rings is 1. The summed E-state index contributed by atoms with van der Waals surface area (Å²) in [6.07, 6.45) is 0.977. The van der Waals surface area contributed by atoms with Crippen LogP contribution in [-0.4, -0.2) is 25.2 Å². The minimum absolute atomic E-state index is 0.141. The molecule has 4 heteroatoms. The Morgan fingerprint density at radius 1 is 1.47 bits per heavy atom. The van der Waals surface area contributed by atoms with Gasteiger partial charge in [-0.3, -0.25) is 4.79 Å². The van der Waals surface area contributed by atoms with E-state index < -0.39 is 0 Å². The number of halogens is 1. The van der Waals surface area contributed by atoms with Crippen molar-refractivity contribution < 1.29 is 9.53 Å². The number of hydrogen-bond donors (Lipinski definition) is 1. The first-order valence-corrected chi connectivity index (χ1v) is 6.67. The predicted molar refractivity (Wildman–Crippen MR) is 69.9 cm³/mol. The molecule has 1 saturated heterocycles. The van der Waals surface area contributed by atoms with Gasteiger partial charge < -0.3 is 10.1 Å². The third-order valence-electron chi connectivity index (χ3n) is 3.06. The number of nitrogens with one attached hydrogen (secondary N) is 1. The van der Waals surface area contributed by atoms with Gasteiger partial charge in [-0.15, -0.1) is 0 Å². The van der Waals surface area contributed by atoms with Crippen LogP contribution in [0.4, 0.5) is 0 Å². The number of ether oxygens (including phenoxy) is 1. The van der Waals surface area contributed by atoms with Crippen LogP contribution in [0.5, 0.6) is 0 Å². The van der Waals surface area contributed by atoms with Crippen molar-refractivity contribution in [1.29, 1.82) is 0 Å². The zero-order chi connectivity index (χ0) is 12.3. The molecular formula is C13H16BrNO2. The van der Waals surface area contributed by atoms with Crippen molar-refractivity contribution in [2.45, 2.75) is 25.3 Å². The van der Waals surface area contributed by atoms with E-state index in [0.29, 0.717) is 6.61 Å². The summed E-state index contributed by atoms with van der Waals surface area (Å²) in [5.41, 5.74) is 1.19. The van der Waals surface area contributed by atoms with Crippen LogP contribution in [0.3, 0.4) is 0 Å². The van der Waals surface area contributed by atoms with Crippen LogP contribution < -0.4 is 5.32 Å². The Kier molecular flexibility index (Phi) is 4.18. The van der Waals surface area contributed by atoms with E-state index in [9.17, 15) is 4.79 Å². The molecule has 17 heavy (non-hydrogen) atoms. The summed E-state index contributed by atoms with van der Waals surface area (Å²) in [6.45, 7) is 3.13. The van der Waals surface area contributed by atoms with Gasteiger partial charge in [0.25, 0.3) is 0 Å². The number of rotatable bonds is 3. The van der Waals surface area contributed by atoms with Crippen molar-refractivity contribution in [3.05, 3.63) is 34.3 Å². The van der Waals surface area contributed by atoms with E-state index in [0.717, 1.165) is 17.4 Å². The predicted octanol–water partition coefficient (Wildman–Crippen LogP) is 2.46. The topological polar surface area (TPSA) is 38.3 Å². The lowest BCUT2D eigenvalue weighted by molar-refractivity contribution is -0.145. The fraction of sp³-hybridized carbons (Fsp3) is 0.462. The van der Waals surface area contributed by atoms with Crippen LogP contribution in [0.2, 0.25) is 0 Å². The zero-order valence-corrected chi connectivity index (χ0v) is 11.4. The van der Waals surface area contributed by atoms with Crippen LogP contribution in [0.1, 0.15) is 24.8 Å². The van der Waals surface area contributed by atoms with E-state index in [-0.39, 0.29) is 17.9 Å². The monoisotopic (exact) mass is 297 g/mol. The van der Waals surface area contributed by atoms with E-state index in [1.807, 2.05) is 19.1 Å². The highest BCUT2D eigenvalue weighted by atomic mass is 79.9. The van der Waals surface area contributed by atoms with Crippen LogP contribution >= 0.6 is 15.9 Å². The number of carbonyl (C=O) groups is 1. The van der Waals surface area contributed by atoms with E-state index in [1.165, 1.54) is 5.56 Å². The van der Waals surface area contributed by atoms with Crippen molar-refractivity contribution in [3.8, 4) is 0 Å². The van der Waals surface area contributed by atoms with Gasteiger partial charge in [0, 0.05) is 10.4 Å². The largest absolute Gasteiger partial charge is 0.465 e. The minimum Gasteiger partial charge on any atom is -0.465 e. The summed E-state index contributed by atoms with van der Waals surface area (Å²) in [6, 6.07) is 7.95. The highest BCUT2D eigenvalue weighted by Gasteiger charge is 2.34. The van der Waals surface area contributed by atoms with Crippen molar-refractivity contribution in [2.75, 3.05) is 13.2 Å². The Labute approximate surface area is 110 Å². The van der Waals surface area contributed by atoms with Gasteiger partial charge in [0.1, 0.15) is 6.04 Å². The molecule has 0 saturated carbocycles. The van der Waals surface area contributed by atoms with Crippen molar-refractivity contribution in [2.24, 2.45) is 0 Å². The summed E-state index contributed by atoms with van der Waals surface area (Å²) >= 11 is 3.42. The van der Waals surface area contributed by atoms with Gasteiger partial charge in [0.2, 0.25) is 0 Å². The molecule has 92 valence electrons. The molecule has 1 aromatic carbocycles. The van der Waals surface area contributed by atoms with Crippen LogP contribution in [0, 0.1) is 0 Å². The second kappa shape index (κ2) is 5.65. The highest BCUT2D eigenvalue weighted by Crippen LogP contribution is 2.29. The normalized spacial score (nSPS) is 23.6. The third kappa shape index (κ3) is 2.87. The van der Waals surface area contributed by atoms with Crippen molar-refractivity contribution in [3.63, 3.8) is 0 Å². The molecule has 1 aliphatic heterocycles. The molecule has 0 spiro atoms. The molecule has 1 fully saturated rings. The molecule has 1 aromatic rings. The molecule has 1 aliphatic rings. The highest BCUT2D eigenvalue weighted by molar-refractivity contribution is 9.10. The maximum absolute atomic E-state index is 11.8. The lowest BCUT2D eigenvalue weighted by Gasteiger charge is -2.18. The SMILES string of the molecule is CCOC(=O)[C@@H]1NCC[C@H]1c1ccc(Br)cc1. The second-order valence-corrected chi connectivity index (χ2v) is 5.05. The molecular weight excluding hydrogens is 282 g/mol. The fourth-order valence-electron chi connectivity index (χ4n) is 2.25. The van der Waals surface area contributed by atoms with Gasteiger partial charge in [-0.25, -0.2) is 0 Å². The molecule has 0 unspecified atom stereocenters. The summed E-state index contributed by atoms with van der Waals surface area (Å²) in [5.74, 6) is 0.0834. The molecule has 0 bridgehead atoms. The zero-order valence-electron chi connectivity index (χ0n) is 9.78. The lowest BCUT2D eigenvalue weighted by Crippen LogP contribution is -2.36. The first-order chi connectivity index (χ1) is 8.22. The Hall–Kier alpha value is -0.870. The maximum atomic E-state index is 11.8. The quantitative estimate of drug-likeness (QED) is 0.871. The average molecular weight is 298 g/mol. The van der Waals surface area contributed by atoms with Gasteiger partial charge >= 0.3 is 5.97 Å². The third-order valence-corrected chi connectivity index (χ3v) is 3.59. The fourth-order valence-corrected chi connectivity index (χ4v) is 2.52. The molecule has 0 aliphatic carbocycles. The van der Waals surface area contributed by atoms with E-state index in [2.05, 4.69) is 33.4 Å². The number of carbonyl (C=O) groups excluding carboxylic acids is 1. The summed E-state index contributed by atoms with van der Waals surface area (Å²) < 4.78 is 6.15. The van der Waals surface area contributed by atoms with Gasteiger partial charge in [0.05, 0.1) is 6.61 Å². The molecule has 1 N–H and O–H groups in total. The van der Waals surface area contributed by atoms with Crippen LogP contribution in [-0.2, 0) is 9.53 Å². The van der Waals surface area contributed by atoms with E-state index in [4.69, 9.17) is 4.74 Å². The first kappa shape index (κ1) is 12.6. The Balaban J connectivity index is 2.14. The Morgan fingerprint density at radius 3 is 2.82 bits per heavy atom. The summed E-state index contributed by atoms with van der Waals surface area (Å²) in [7, 11) is 0. The maximum Gasteiger partial charge on any atom is 0.323 e.